The standard InChI is InChI=1S/C14H20ClN3O3S/c1-14(2,3)21-13(19)18-8-4-5-10(9-18)22(20)11-6-7-16-12(15)17-11/h6-7,10H,4-5,8-9H2,1-3H3. The maximum Gasteiger partial charge on any atom is 0.410 e. The molecule has 2 atom stereocenters. The highest BCUT2D eigenvalue weighted by Gasteiger charge is 2.31. The number of hydrogen-bond donors (Lipinski definition) is 0. The lowest BCUT2D eigenvalue weighted by Gasteiger charge is -2.33. The minimum atomic E-state index is -1.33. The van der Waals surface area contributed by atoms with Gasteiger partial charge < -0.3 is 9.64 Å². The van der Waals surface area contributed by atoms with Gasteiger partial charge in [0.15, 0.2) is 0 Å². The fourth-order valence-electron chi connectivity index (χ4n) is 2.21. The molecule has 0 radical (unpaired) electrons. The Balaban J connectivity index is 2.04. The van der Waals surface area contributed by atoms with E-state index in [9.17, 15) is 9.00 Å². The van der Waals surface area contributed by atoms with Crippen LogP contribution in [0.15, 0.2) is 17.3 Å². The minimum Gasteiger partial charge on any atom is -0.444 e. The van der Waals surface area contributed by atoms with Crippen molar-refractivity contribution >= 4 is 28.5 Å². The lowest BCUT2D eigenvalue weighted by molar-refractivity contribution is 0.0219. The highest BCUT2D eigenvalue weighted by molar-refractivity contribution is 7.85. The number of hydrogen-bond acceptors (Lipinski definition) is 5. The van der Waals surface area contributed by atoms with Gasteiger partial charge in [0.25, 0.3) is 0 Å². The number of piperidine rings is 1. The Morgan fingerprint density at radius 1 is 1.50 bits per heavy atom. The number of amides is 1. The minimum absolute atomic E-state index is 0.0747. The van der Waals surface area contributed by atoms with Crippen LogP contribution in [0.1, 0.15) is 33.6 Å². The Labute approximate surface area is 137 Å². The molecule has 0 N–H and O–H groups in total. The summed E-state index contributed by atoms with van der Waals surface area (Å²) < 4.78 is 18.0. The van der Waals surface area contributed by atoms with Crippen LogP contribution in [-0.4, -0.2) is 49.1 Å². The van der Waals surface area contributed by atoms with Crippen molar-refractivity contribution in [1.29, 1.82) is 0 Å². The van der Waals surface area contributed by atoms with Gasteiger partial charge in [0.05, 0.1) is 16.0 Å². The fraction of sp³-hybridized carbons (Fsp3) is 0.643. The van der Waals surface area contributed by atoms with Crippen molar-refractivity contribution in [3.63, 3.8) is 0 Å². The molecule has 122 valence electrons. The van der Waals surface area contributed by atoms with E-state index in [2.05, 4.69) is 9.97 Å². The van der Waals surface area contributed by atoms with E-state index in [4.69, 9.17) is 16.3 Å². The zero-order chi connectivity index (χ0) is 16.3. The normalized spacial score (nSPS) is 20.5. The number of rotatable bonds is 2. The SMILES string of the molecule is CC(C)(C)OC(=O)N1CCCC(S(=O)c2ccnc(Cl)n2)C1. The van der Waals surface area contributed by atoms with Gasteiger partial charge in [-0.15, -0.1) is 0 Å². The zero-order valence-electron chi connectivity index (χ0n) is 12.9. The molecule has 1 aliphatic heterocycles. The largest absolute Gasteiger partial charge is 0.444 e. The number of nitrogens with zero attached hydrogens (tertiary/aromatic N) is 3. The predicted octanol–water partition coefficient (Wildman–Crippen LogP) is 2.64. The summed E-state index contributed by atoms with van der Waals surface area (Å²) in [4.78, 5) is 21.5. The van der Waals surface area contributed by atoms with E-state index in [1.54, 1.807) is 11.0 Å². The van der Waals surface area contributed by atoms with Gasteiger partial charge in [0.1, 0.15) is 10.6 Å². The molecule has 22 heavy (non-hydrogen) atoms. The van der Waals surface area contributed by atoms with E-state index >= 15 is 0 Å². The molecule has 0 bridgehead atoms. The van der Waals surface area contributed by atoms with Gasteiger partial charge in [0.2, 0.25) is 5.28 Å². The van der Waals surface area contributed by atoms with Crippen LogP contribution >= 0.6 is 11.6 Å². The van der Waals surface area contributed by atoms with Crippen molar-refractivity contribution in [2.24, 2.45) is 0 Å². The van der Waals surface area contributed by atoms with Crippen molar-refractivity contribution in [3.05, 3.63) is 17.5 Å². The summed E-state index contributed by atoms with van der Waals surface area (Å²) in [6.07, 6.45) is 2.67. The van der Waals surface area contributed by atoms with Gasteiger partial charge in [-0.05, 0) is 51.3 Å². The van der Waals surface area contributed by atoms with E-state index in [1.165, 1.54) is 6.20 Å². The van der Waals surface area contributed by atoms with Crippen LogP contribution in [0.5, 0.6) is 0 Å². The average Bonchev–Trinajstić information content (AvgIpc) is 2.45. The number of ether oxygens (including phenoxy) is 1. The van der Waals surface area contributed by atoms with Crippen molar-refractivity contribution in [3.8, 4) is 0 Å². The van der Waals surface area contributed by atoms with Gasteiger partial charge in [-0.2, -0.15) is 0 Å². The van der Waals surface area contributed by atoms with E-state index in [0.717, 1.165) is 12.8 Å². The van der Waals surface area contributed by atoms with Crippen molar-refractivity contribution in [2.45, 2.75) is 49.5 Å². The maximum absolute atomic E-state index is 12.6. The topological polar surface area (TPSA) is 72.4 Å². The summed E-state index contributed by atoms with van der Waals surface area (Å²) in [5.41, 5.74) is -0.538. The molecule has 0 aromatic carbocycles. The Morgan fingerprint density at radius 3 is 2.86 bits per heavy atom. The number of aromatic nitrogens is 2. The molecule has 0 saturated carbocycles. The highest BCUT2D eigenvalue weighted by atomic mass is 35.5. The van der Waals surface area contributed by atoms with Crippen molar-refractivity contribution in [2.75, 3.05) is 13.1 Å². The second-order valence-corrected chi connectivity index (χ2v) is 8.17. The predicted molar refractivity (Wildman–Crippen MR) is 84.3 cm³/mol. The molecule has 2 rings (SSSR count). The molecule has 1 fully saturated rings. The average molecular weight is 346 g/mol. The third kappa shape index (κ3) is 4.64. The molecule has 1 saturated heterocycles. The Kier molecular flexibility index (Phi) is 5.39. The Bertz CT molecular complexity index is 577. The first-order chi connectivity index (χ1) is 10.3. The Hall–Kier alpha value is -1.21. The molecule has 2 heterocycles. The molecule has 2 unspecified atom stereocenters. The van der Waals surface area contributed by atoms with Crippen LogP contribution in [0.25, 0.3) is 0 Å². The van der Waals surface area contributed by atoms with Crippen LogP contribution in [0.2, 0.25) is 5.28 Å². The lowest BCUT2D eigenvalue weighted by atomic mass is 10.1. The summed E-state index contributed by atoms with van der Waals surface area (Å²) in [6, 6.07) is 1.59. The molecule has 0 aliphatic carbocycles. The van der Waals surface area contributed by atoms with Crippen molar-refractivity contribution in [1.82, 2.24) is 14.9 Å². The Morgan fingerprint density at radius 2 is 2.23 bits per heavy atom. The molecule has 1 amide bonds. The number of halogens is 1. The van der Waals surface area contributed by atoms with E-state index in [0.29, 0.717) is 18.1 Å². The summed E-state index contributed by atoms with van der Waals surface area (Å²) in [7, 11) is -1.33. The molecular weight excluding hydrogens is 326 g/mol. The van der Waals surface area contributed by atoms with Gasteiger partial charge in [-0.25, -0.2) is 14.8 Å². The van der Waals surface area contributed by atoms with Crippen molar-refractivity contribution < 1.29 is 13.7 Å². The smallest absolute Gasteiger partial charge is 0.410 e. The second-order valence-electron chi connectivity index (χ2n) is 6.15. The molecule has 0 spiro atoms. The van der Waals surface area contributed by atoms with Gasteiger partial charge in [-0.1, -0.05) is 0 Å². The van der Waals surface area contributed by atoms with Gasteiger partial charge in [-0.3, -0.25) is 4.21 Å². The van der Waals surface area contributed by atoms with Gasteiger partial charge >= 0.3 is 6.09 Å². The summed E-state index contributed by atoms with van der Waals surface area (Å²) in [5.74, 6) is 0. The quantitative estimate of drug-likeness (QED) is 0.608. The van der Waals surface area contributed by atoms with Crippen LogP contribution in [0.3, 0.4) is 0 Å². The van der Waals surface area contributed by atoms with Crippen LogP contribution in [-0.2, 0) is 15.5 Å². The van der Waals surface area contributed by atoms with Crippen LogP contribution in [0, 0.1) is 0 Å². The number of carbonyl (C=O) groups excluding carboxylic acids is 1. The number of likely N-dealkylation sites (tertiary alicyclic amines) is 1. The first-order valence-corrected chi connectivity index (χ1v) is 8.72. The molecule has 1 aromatic heterocycles. The van der Waals surface area contributed by atoms with Gasteiger partial charge in [0, 0.05) is 19.3 Å². The zero-order valence-corrected chi connectivity index (χ0v) is 14.5. The third-order valence-electron chi connectivity index (χ3n) is 3.14. The summed E-state index contributed by atoms with van der Waals surface area (Å²) >= 11 is 5.74. The first kappa shape index (κ1) is 17.1. The first-order valence-electron chi connectivity index (χ1n) is 7.13. The monoisotopic (exact) mass is 345 g/mol. The van der Waals surface area contributed by atoms with E-state index in [1.807, 2.05) is 20.8 Å². The molecule has 1 aromatic rings. The summed E-state index contributed by atoms with van der Waals surface area (Å²) in [6.45, 7) is 6.49. The fourth-order valence-corrected chi connectivity index (χ4v) is 3.81. The number of carbonyl (C=O) groups is 1. The molecule has 6 nitrogen and oxygen atoms in total. The second kappa shape index (κ2) is 6.91. The summed E-state index contributed by atoms with van der Waals surface area (Å²) in [5, 5.41) is 0.300. The van der Waals surface area contributed by atoms with E-state index in [-0.39, 0.29) is 16.6 Å². The maximum atomic E-state index is 12.6. The highest BCUT2D eigenvalue weighted by Crippen LogP contribution is 2.21. The molecule has 8 heteroatoms. The third-order valence-corrected chi connectivity index (χ3v) is 4.95. The van der Waals surface area contributed by atoms with Crippen LogP contribution < -0.4 is 0 Å². The lowest BCUT2D eigenvalue weighted by Crippen LogP contribution is -2.45. The van der Waals surface area contributed by atoms with Crippen LogP contribution in [0.4, 0.5) is 4.79 Å². The van der Waals surface area contributed by atoms with E-state index < -0.39 is 16.4 Å². The molecular formula is C14H20ClN3O3S. The molecule has 1 aliphatic rings.